The van der Waals surface area contributed by atoms with Gasteiger partial charge in [0.1, 0.15) is 0 Å². The maximum Gasteiger partial charge on any atom is -0.0132 e. The summed E-state index contributed by atoms with van der Waals surface area (Å²) in [5.41, 5.74) is 19.8. The molecule has 0 N–H and O–H groups in total. The van der Waals surface area contributed by atoms with Crippen molar-refractivity contribution < 1.29 is 48.1 Å². The predicted molar refractivity (Wildman–Crippen MR) is 262 cm³/mol. The molecule has 0 bridgehead atoms. The molecule has 4 heteroatoms. The first-order chi connectivity index (χ1) is 28.4. The summed E-state index contributed by atoms with van der Waals surface area (Å²) in [6.07, 6.45) is 1.99. The Hall–Kier alpha value is -3.78. The first-order valence-corrected chi connectivity index (χ1v) is 27.8. The Morgan fingerprint density at radius 2 is 0.742 bits per heavy atom. The molecule has 0 saturated heterocycles. The van der Waals surface area contributed by atoms with E-state index in [4.69, 9.17) is 0 Å². The largest absolute Gasteiger partial charge is 1.00 e. The summed E-state index contributed by atoms with van der Waals surface area (Å²) >= 11 is 1.74. The number of benzene rings is 6. The molecule has 0 radical (unpaired) electrons. The van der Waals surface area contributed by atoms with Gasteiger partial charge in [0.25, 0.3) is 0 Å². The standard InChI is InChI=1S/2C28H29.C2H6Si.2ClH.Zr/c2*1-19-8-6-9-20(2)26(19)17-21-16-23-10-7-11-25(27(23)18-21)22-12-14-24(15-13-22)28(3,4)5;1-3-2;;;/h2*6-16,18H,17H2,1-5H3;1-2H3;2*1H;/q2*-1;;;;+2/p-2. The fourth-order valence-electron chi connectivity index (χ4n) is 8.26. The van der Waals surface area contributed by atoms with Crippen LogP contribution in [0.3, 0.4) is 0 Å². The van der Waals surface area contributed by atoms with Crippen LogP contribution < -0.4 is 24.8 Å². The van der Waals surface area contributed by atoms with Gasteiger partial charge >= 0.3 is 41.9 Å². The molecule has 0 fully saturated rings. The van der Waals surface area contributed by atoms with E-state index >= 15 is 0 Å². The molecule has 8 rings (SSSR count). The zero-order chi connectivity index (χ0) is 43.4. The maximum atomic E-state index is 2.38. The van der Waals surface area contributed by atoms with Crippen LogP contribution in [-0.2, 0) is 47.0 Å². The molecule has 8 aromatic carbocycles. The van der Waals surface area contributed by atoms with E-state index in [2.05, 4.69) is 228 Å². The Labute approximate surface area is 401 Å². The molecule has 0 aliphatic heterocycles. The molecule has 0 aliphatic rings. The Morgan fingerprint density at radius 1 is 0.452 bits per heavy atom. The molecule has 62 heavy (non-hydrogen) atoms. The van der Waals surface area contributed by atoms with Crippen molar-refractivity contribution in [1.82, 2.24) is 0 Å². The third-order valence-electron chi connectivity index (χ3n) is 11.8. The van der Waals surface area contributed by atoms with Gasteiger partial charge in [-0.05, 0) is 107 Å². The summed E-state index contributed by atoms with van der Waals surface area (Å²) in [5, 5.41) is 5.37. The fraction of sp³-hybridized carbons (Fsp3) is 0.276. The van der Waals surface area contributed by atoms with E-state index in [0.29, 0.717) is 0 Å². The quantitative estimate of drug-likeness (QED) is 0.115. The fourth-order valence-corrected chi connectivity index (χ4v) is 8.26. The molecule has 8 aromatic rings. The van der Waals surface area contributed by atoms with Crippen LogP contribution in [0, 0.1) is 27.7 Å². The van der Waals surface area contributed by atoms with Gasteiger partial charge in [-0.2, -0.15) is 12.1 Å². The van der Waals surface area contributed by atoms with Crippen LogP contribution in [-0.4, -0.2) is 5.43 Å². The van der Waals surface area contributed by atoms with Gasteiger partial charge in [0.05, 0.1) is 0 Å². The van der Waals surface area contributed by atoms with E-state index in [1.54, 1.807) is 23.3 Å². The van der Waals surface area contributed by atoms with Crippen molar-refractivity contribution in [2.75, 3.05) is 0 Å². The van der Waals surface area contributed by atoms with E-state index in [9.17, 15) is 0 Å². The minimum absolute atomic E-state index is 0. The van der Waals surface area contributed by atoms with E-state index in [1.807, 2.05) is 0 Å². The number of hydrogen-bond acceptors (Lipinski definition) is 0. The smallest absolute Gasteiger partial charge is 0.0132 e. The topological polar surface area (TPSA) is 0 Å². The average Bonchev–Trinajstić information content (AvgIpc) is 3.81. The van der Waals surface area contributed by atoms with Crippen molar-refractivity contribution >= 4 is 27.0 Å². The molecule has 0 aromatic heterocycles. The van der Waals surface area contributed by atoms with Crippen LogP contribution in [0.1, 0.15) is 97.2 Å². The zero-order valence-electron chi connectivity index (χ0n) is 39.0. The molecular formula is C58H64Cl2SiZr-2. The average molecular weight is 951 g/mol. The van der Waals surface area contributed by atoms with Crippen LogP contribution in [0.25, 0.3) is 43.8 Å². The molecule has 0 unspecified atom stereocenters. The first kappa shape index (κ1) is 50.9. The van der Waals surface area contributed by atoms with E-state index in [-0.39, 0.29) is 41.1 Å². The molecule has 0 saturated carbocycles. The van der Waals surface area contributed by atoms with E-state index in [0.717, 1.165) is 12.8 Å². The number of aryl methyl sites for hydroxylation is 4. The summed E-state index contributed by atoms with van der Waals surface area (Å²) in [6, 6.07) is 54.1. The SMILES string of the molecule is C[Si](C)=[Zr+2].Cc1cccc(C)c1Cc1cc2c(-c3ccc(C(C)(C)C)cc3)cccc2[cH-]1.Cc1cccc(C)c1Cc1cc2c(-c3ccc(C(C)(C)C)cc3)cccc2[cH-]1.[Cl-].[Cl-]. The molecule has 0 atom stereocenters. The molecule has 0 nitrogen and oxygen atoms in total. The van der Waals surface area contributed by atoms with Crippen molar-refractivity contribution in [3.63, 3.8) is 0 Å². The molecule has 0 aliphatic carbocycles. The second-order valence-corrected chi connectivity index (χ2v) is 28.5. The molecule has 320 valence electrons. The monoisotopic (exact) mass is 948 g/mol. The summed E-state index contributed by atoms with van der Waals surface area (Å²) in [6.45, 7) is 27.1. The molecule has 0 amide bonds. The van der Waals surface area contributed by atoms with Crippen molar-refractivity contribution in [3.05, 3.63) is 201 Å². The van der Waals surface area contributed by atoms with Gasteiger partial charge in [-0.3, -0.25) is 0 Å². The van der Waals surface area contributed by atoms with Crippen molar-refractivity contribution in [3.8, 4) is 22.3 Å². The Bertz CT molecular complexity index is 2500. The number of fused-ring (bicyclic) bond motifs is 2. The molecule has 0 spiro atoms. The van der Waals surface area contributed by atoms with Crippen LogP contribution in [0.15, 0.2) is 146 Å². The minimum Gasteiger partial charge on any atom is -1.00 e. The van der Waals surface area contributed by atoms with Gasteiger partial charge in [-0.15, -0.1) is 69.1 Å². The first-order valence-electron chi connectivity index (χ1n) is 21.6. The molecule has 0 heterocycles. The van der Waals surface area contributed by atoms with Crippen LogP contribution >= 0.6 is 0 Å². The van der Waals surface area contributed by atoms with Gasteiger partial charge in [-0.1, -0.05) is 150 Å². The maximum absolute atomic E-state index is 2.38. The number of hydrogen-bond donors (Lipinski definition) is 0. The van der Waals surface area contributed by atoms with Gasteiger partial charge in [0, 0.05) is 0 Å². The summed E-state index contributed by atoms with van der Waals surface area (Å²) in [5.74, 6) is 0. The van der Waals surface area contributed by atoms with Gasteiger partial charge in [0.15, 0.2) is 0 Å². The number of halogens is 2. The van der Waals surface area contributed by atoms with Crippen LogP contribution in [0.4, 0.5) is 0 Å². The van der Waals surface area contributed by atoms with Gasteiger partial charge < -0.3 is 24.8 Å². The van der Waals surface area contributed by atoms with Crippen molar-refractivity contribution in [2.45, 2.75) is 106 Å². The normalized spacial score (nSPS) is 11.2. The van der Waals surface area contributed by atoms with Crippen molar-refractivity contribution in [2.24, 2.45) is 0 Å². The third-order valence-corrected chi connectivity index (χ3v) is 11.8. The van der Waals surface area contributed by atoms with Crippen molar-refractivity contribution in [1.29, 1.82) is 0 Å². The van der Waals surface area contributed by atoms with E-state index in [1.165, 1.54) is 99.4 Å². The minimum atomic E-state index is 0. The predicted octanol–water partition coefficient (Wildman–Crippen LogP) is 10.3. The summed E-state index contributed by atoms with van der Waals surface area (Å²) < 4.78 is 0. The van der Waals surface area contributed by atoms with Crippen LogP contribution in [0.5, 0.6) is 0 Å². The third kappa shape index (κ3) is 12.7. The summed E-state index contributed by atoms with van der Waals surface area (Å²) in [7, 11) is 0. The number of rotatable bonds is 6. The van der Waals surface area contributed by atoms with Crippen LogP contribution in [0.2, 0.25) is 13.1 Å². The van der Waals surface area contributed by atoms with Gasteiger partial charge in [0.2, 0.25) is 0 Å². The second-order valence-electron chi connectivity index (χ2n) is 19.1. The zero-order valence-corrected chi connectivity index (χ0v) is 44.0. The Balaban J connectivity index is 0.000000244. The Kier molecular flexibility index (Phi) is 17.8. The summed E-state index contributed by atoms with van der Waals surface area (Å²) in [4.78, 5) is 0. The Morgan fingerprint density at radius 3 is 1.03 bits per heavy atom. The van der Waals surface area contributed by atoms with E-state index < -0.39 is 0 Å². The molecular weight excluding hydrogens is 887 g/mol. The van der Waals surface area contributed by atoms with Gasteiger partial charge in [-0.25, -0.2) is 0 Å². The second kappa shape index (κ2) is 21.7.